The van der Waals surface area contributed by atoms with Gasteiger partial charge in [-0.2, -0.15) is 4.31 Å². The number of carbonyl (C=O) groups is 1. The average Bonchev–Trinajstić information content (AvgIpc) is 2.66. The second-order valence-corrected chi connectivity index (χ2v) is 9.08. The van der Waals surface area contributed by atoms with E-state index >= 15 is 0 Å². The number of piperidine rings is 1. The fourth-order valence-electron chi connectivity index (χ4n) is 3.15. The number of carbonyl (C=O) groups excluding carboxylic acids is 1. The maximum absolute atomic E-state index is 13.4. The molecular formula is C19H19ClF2N2O3S. The van der Waals surface area contributed by atoms with Gasteiger partial charge in [0.05, 0.1) is 4.90 Å². The zero-order valence-electron chi connectivity index (χ0n) is 15.1. The number of benzene rings is 2. The first-order valence-electron chi connectivity index (χ1n) is 8.70. The molecule has 150 valence electrons. The van der Waals surface area contributed by atoms with Crippen molar-refractivity contribution in [3.63, 3.8) is 0 Å². The SMILES string of the molecule is Cc1cc(Cl)ccc1NC(=O)C1CCN(S(=O)(=O)c2ccc(F)c(F)c2)CC1. The van der Waals surface area contributed by atoms with Crippen LogP contribution in [0.3, 0.4) is 0 Å². The Labute approximate surface area is 167 Å². The van der Waals surface area contributed by atoms with Gasteiger partial charge in [-0.1, -0.05) is 11.6 Å². The quantitative estimate of drug-likeness (QED) is 0.801. The van der Waals surface area contributed by atoms with Crippen LogP contribution in [0, 0.1) is 24.5 Å². The van der Waals surface area contributed by atoms with Crippen molar-refractivity contribution in [1.29, 1.82) is 0 Å². The summed E-state index contributed by atoms with van der Waals surface area (Å²) in [6.07, 6.45) is 0.669. The van der Waals surface area contributed by atoms with Crippen LogP contribution in [0.2, 0.25) is 5.02 Å². The first-order valence-corrected chi connectivity index (χ1v) is 10.5. The van der Waals surface area contributed by atoms with Crippen molar-refractivity contribution in [2.45, 2.75) is 24.7 Å². The summed E-state index contributed by atoms with van der Waals surface area (Å²) in [5.74, 6) is -2.85. The van der Waals surface area contributed by atoms with Gasteiger partial charge >= 0.3 is 0 Å². The second-order valence-electron chi connectivity index (χ2n) is 6.70. The summed E-state index contributed by atoms with van der Waals surface area (Å²) in [4.78, 5) is 12.2. The van der Waals surface area contributed by atoms with E-state index in [0.717, 1.165) is 17.7 Å². The van der Waals surface area contributed by atoms with Crippen molar-refractivity contribution >= 4 is 33.2 Å². The highest BCUT2D eigenvalue weighted by Gasteiger charge is 2.32. The topological polar surface area (TPSA) is 66.5 Å². The zero-order valence-corrected chi connectivity index (χ0v) is 16.7. The standard InChI is InChI=1S/C19H19ClF2N2O3S/c1-12-10-14(20)2-5-18(12)23-19(25)13-6-8-24(9-7-13)28(26,27)15-3-4-16(21)17(22)11-15/h2-5,10-11,13H,6-9H2,1H3,(H,23,25). The maximum Gasteiger partial charge on any atom is 0.243 e. The Bertz CT molecular complexity index is 1010. The number of aryl methyl sites for hydroxylation is 1. The summed E-state index contributed by atoms with van der Waals surface area (Å²) in [5, 5.41) is 3.42. The van der Waals surface area contributed by atoms with Gasteiger partial charge in [0, 0.05) is 29.7 Å². The Morgan fingerprint density at radius 1 is 1.11 bits per heavy atom. The van der Waals surface area contributed by atoms with Crippen molar-refractivity contribution in [2.24, 2.45) is 5.92 Å². The zero-order chi connectivity index (χ0) is 20.5. The number of halogens is 3. The van der Waals surface area contributed by atoms with Crippen LogP contribution in [0.25, 0.3) is 0 Å². The van der Waals surface area contributed by atoms with Crippen molar-refractivity contribution in [2.75, 3.05) is 18.4 Å². The number of anilines is 1. The van der Waals surface area contributed by atoms with E-state index in [2.05, 4.69) is 5.32 Å². The second kappa shape index (κ2) is 8.14. The van der Waals surface area contributed by atoms with E-state index in [4.69, 9.17) is 11.6 Å². The van der Waals surface area contributed by atoms with Crippen LogP contribution in [0.4, 0.5) is 14.5 Å². The monoisotopic (exact) mass is 428 g/mol. The van der Waals surface area contributed by atoms with Crippen LogP contribution in [0.1, 0.15) is 18.4 Å². The van der Waals surface area contributed by atoms with Crippen LogP contribution in [-0.2, 0) is 14.8 Å². The molecule has 0 aliphatic carbocycles. The Hall–Kier alpha value is -2.03. The summed E-state index contributed by atoms with van der Waals surface area (Å²) in [6, 6.07) is 7.65. The summed E-state index contributed by atoms with van der Waals surface area (Å²) in [5.41, 5.74) is 1.49. The van der Waals surface area contributed by atoms with Crippen LogP contribution < -0.4 is 5.32 Å². The highest BCUT2D eigenvalue weighted by molar-refractivity contribution is 7.89. The van der Waals surface area contributed by atoms with Gasteiger partial charge < -0.3 is 5.32 Å². The predicted molar refractivity (Wildman–Crippen MR) is 103 cm³/mol. The van der Waals surface area contributed by atoms with Gasteiger partial charge in [-0.05, 0) is 61.7 Å². The van der Waals surface area contributed by atoms with E-state index in [1.807, 2.05) is 6.92 Å². The van der Waals surface area contributed by atoms with Gasteiger partial charge in [-0.25, -0.2) is 17.2 Å². The molecule has 0 aromatic heterocycles. The lowest BCUT2D eigenvalue weighted by Gasteiger charge is -2.30. The molecule has 1 fully saturated rings. The van der Waals surface area contributed by atoms with E-state index in [1.54, 1.807) is 18.2 Å². The lowest BCUT2D eigenvalue weighted by atomic mass is 9.97. The molecule has 1 amide bonds. The fraction of sp³-hybridized carbons (Fsp3) is 0.316. The molecule has 0 unspecified atom stereocenters. The third-order valence-corrected chi connectivity index (χ3v) is 6.93. The van der Waals surface area contributed by atoms with Crippen LogP contribution >= 0.6 is 11.6 Å². The van der Waals surface area contributed by atoms with Crippen LogP contribution in [0.15, 0.2) is 41.3 Å². The number of rotatable bonds is 4. The smallest absolute Gasteiger partial charge is 0.243 e. The largest absolute Gasteiger partial charge is 0.326 e. The molecule has 5 nitrogen and oxygen atoms in total. The van der Waals surface area contributed by atoms with Crippen molar-refractivity contribution in [3.8, 4) is 0 Å². The number of amides is 1. The van der Waals surface area contributed by atoms with Gasteiger partial charge in [0.2, 0.25) is 15.9 Å². The molecule has 0 saturated carbocycles. The molecule has 2 aromatic carbocycles. The molecular weight excluding hydrogens is 410 g/mol. The highest BCUT2D eigenvalue weighted by Crippen LogP contribution is 2.27. The molecule has 0 radical (unpaired) electrons. The van der Waals surface area contributed by atoms with E-state index in [1.165, 1.54) is 4.31 Å². The summed E-state index contributed by atoms with van der Waals surface area (Å²) < 4.78 is 52.9. The van der Waals surface area contributed by atoms with Crippen molar-refractivity contribution < 1.29 is 22.0 Å². The molecule has 2 aromatic rings. The van der Waals surface area contributed by atoms with Gasteiger partial charge in [0.1, 0.15) is 0 Å². The molecule has 1 aliphatic heterocycles. The van der Waals surface area contributed by atoms with Crippen molar-refractivity contribution in [1.82, 2.24) is 4.31 Å². The fourth-order valence-corrected chi connectivity index (χ4v) is 4.86. The first kappa shape index (κ1) is 20.7. The highest BCUT2D eigenvalue weighted by atomic mass is 35.5. The Kier molecular flexibility index (Phi) is 6.02. The number of hydrogen-bond acceptors (Lipinski definition) is 3. The summed E-state index contributed by atoms with van der Waals surface area (Å²) >= 11 is 5.91. The molecule has 0 spiro atoms. The van der Waals surface area contributed by atoms with E-state index in [0.29, 0.717) is 29.6 Å². The molecule has 1 heterocycles. The third-order valence-electron chi connectivity index (χ3n) is 4.80. The molecule has 0 atom stereocenters. The summed E-state index contributed by atoms with van der Waals surface area (Å²) in [6.45, 7) is 2.08. The lowest BCUT2D eigenvalue weighted by Crippen LogP contribution is -2.41. The predicted octanol–water partition coefficient (Wildman–Crippen LogP) is 3.97. The van der Waals surface area contributed by atoms with Gasteiger partial charge in [-0.15, -0.1) is 0 Å². The van der Waals surface area contributed by atoms with E-state index in [9.17, 15) is 22.0 Å². The Morgan fingerprint density at radius 2 is 1.79 bits per heavy atom. The molecule has 1 saturated heterocycles. The van der Waals surface area contributed by atoms with E-state index < -0.39 is 21.7 Å². The minimum Gasteiger partial charge on any atom is -0.326 e. The Balaban J connectivity index is 1.64. The molecule has 3 rings (SSSR count). The minimum atomic E-state index is -3.94. The van der Waals surface area contributed by atoms with Gasteiger partial charge in [0.25, 0.3) is 0 Å². The van der Waals surface area contributed by atoms with Crippen LogP contribution in [0.5, 0.6) is 0 Å². The Morgan fingerprint density at radius 3 is 2.39 bits per heavy atom. The molecule has 1 aliphatic rings. The number of hydrogen-bond donors (Lipinski definition) is 1. The minimum absolute atomic E-state index is 0.124. The molecule has 0 bridgehead atoms. The van der Waals surface area contributed by atoms with Crippen molar-refractivity contribution in [3.05, 3.63) is 58.6 Å². The van der Waals surface area contributed by atoms with Crippen LogP contribution in [-0.4, -0.2) is 31.7 Å². The number of nitrogens with zero attached hydrogens (tertiary/aromatic N) is 1. The van der Waals surface area contributed by atoms with Gasteiger partial charge in [-0.3, -0.25) is 4.79 Å². The number of nitrogens with one attached hydrogen (secondary N) is 1. The van der Waals surface area contributed by atoms with E-state index in [-0.39, 0.29) is 29.8 Å². The average molecular weight is 429 g/mol. The molecule has 28 heavy (non-hydrogen) atoms. The summed E-state index contributed by atoms with van der Waals surface area (Å²) in [7, 11) is -3.94. The first-order chi connectivity index (χ1) is 13.2. The normalized spacial score (nSPS) is 16.1. The lowest BCUT2D eigenvalue weighted by molar-refractivity contribution is -0.120. The molecule has 9 heteroatoms. The molecule has 1 N–H and O–H groups in total. The third kappa shape index (κ3) is 4.34. The maximum atomic E-state index is 13.4. The number of sulfonamides is 1. The van der Waals surface area contributed by atoms with Gasteiger partial charge in [0.15, 0.2) is 11.6 Å².